The maximum Gasteiger partial charge on any atom is 0.149 e. The average molecular weight is 273 g/mol. The quantitative estimate of drug-likeness (QED) is 0.767. The topological polar surface area (TPSA) is 64.0 Å². The van der Waals surface area contributed by atoms with Crippen molar-refractivity contribution in [1.82, 2.24) is 15.1 Å². The number of aromatic nitrogens is 2. The molecule has 1 aromatic rings. The highest BCUT2D eigenvalue weighted by molar-refractivity contribution is 7.90. The van der Waals surface area contributed by atoms with Crippen LogP contribution in [0.4, 0.5) is 0 Å². The molecule has 0 spiro atoms. The van der Waals surface area contributed by atoms with E-state index in [-0.39, 0.29) is 5.75 Å². The molecule has 1 N–H and O–H groups in total. The van der Waals surface area contributed by atoms with E-state index in [1.54, 1.807) is 0 Å². The summed E-state index contributed by atoms with van der Waals surface area (Å²) in [6.45, 7) is 6.34. The molecule has 0 amide bonds. The van der Waals surface area contributed by atoms with E-state index in [4.69, 9.17) is 0 Å². The van der Waals surface area contributed by atoms with Gasteiger partial charge < -0.3 is 5.32 Å². The van der Waals surface area contributed by atoms with Crippen LogP contribution in [0.1, 0.15) is 31.5 Å². The van der Waals surface area contributed by atoms with Crippen molar-refractivity contribution in [3.05, 3.63) is 17.5 Å². The van der Waals surface area contributed by atoms with Gasteiger partial charge in [-0.1, -0.05) is 20.3 Å². The maximum absolute atomic E-state index is 11.2. The highest BCUT2D eigenvalue weighted by atomic mass is 32.2. The van der Waals surface area contributed by atoms with Crippen LogP contribution in [-0.2, 0) is 29.3 Å². The van der Waals surface area contributed by atoms with Crippen LogP contribution in [0.25, 0.3) is 0 Å². The van der Waals surface area contributed by atoms with Crippen molar-refractivity contribution in [2.75, 3.05) is 18.6 Å². The summed E-state index contributed by atoms with van der Waals surface area (Å²) in [4.78, 5) is 0. The Bertz CT molecular complexity index is 466. The minimum absolute atomic E-state index is 0.145. The number of hydrogen-bond acceptors (Lipinski definition) is 4. The van der Waals surface area contributed by atoms with Crippen molar-refractivity contribution in [2.45, 2.75) is 39.8 Å². The van der Waals surface area contributed by atoms with E-state index in [9.17, 15) is 8.42 Å². The monoisotopic (exact) mass is 273 g/mol. The van der Waals surface area contributed by atoms with Crippen LogP contribution < -0.4 is 5.32 Å². The van der Waals surface area contributed by atoms with E-state index in [1.165, 1.54) is 11.8 Å². The van der Waals surface area contributed by atoms with Gasteiger partial charge >= 0.3 is 0 Å². The average Bonchev–Trinajstić information content (AvgIpc) is 2.66. The van der Waals surface area contributed by atoms with Crippen molar-refractivity contribution in [2.24, 2.45) is 0 Å². The zero-order chi connectivity index (χ0) is 13.6. The van der Waals surface area contributed by atoms with Gasteiger partial charge in [0.15, 0.2) is 0 Å². The molecule has 0 aliphatic heterocycles. The summed E-state index contributed by atoms with van der Waals surface area (Å²) in [5.41, 5.74) is 2.33. The lowest BCUT2D eigenvalue weighted by molar-refractivity contribution is 0.575. The third-order valence-corrected chi connectivity index (χ3v) is 3.69. The molecule has 18 heavy (non-hydrogen) atoms. The Kier molecular flexibility index (Phi) is 5.81. The lowest BCUT2D eigenvalue weighted by Crippen LogP contribution is -2.16. The standard InChI is InChI=1S/C12H23N3O2S/c1-4-6-12-11(9-13-5-2)10-14-15(12)7-8-18(3,16)17/h10,13H,4-9H2,1-3H3. The summed E-state index contributed by atoms with van der Waals surface area (Å²) in [7, 11) is -2.94. The van der Waals surface area contributed by atoms with Gasteiger partial charge in [0, 0.05) is 24.1 Å². The molecule has 0 unspecified atom stereocenters. The zero-order valence-corrected chi connectivity index (χ0v) is 12.3. The SMILES string of the molecule is CCCc1c(CNCC)cnn1CCS(C)(=O)=O. The second-order valence-electron chi connectivity index (χ2n) is 4.50. The minimum atomic E-state index is -2.94. The van der Waals surface area contributed by atoms with Crippen molar-refractivity contribution in [3.63, 3.8) is 0 Å². The van der Waals surface area contributed by atoms with Gasteiger partial charge in [-0.2, -0.15) is 5.10 Å². The second-order valence-corrected chi connectivity index (χ2v) is 6.76. The highest BCUT2D eigenvalue weighted by Crippen LogP contribution is 2.11. The third kappa shape index (κ3) is 4.78. The molecule has 5 nitrogen and oxygen atoms in total. The summed E-state index contributed by atoms with van der Waals surface area (Å²) < 4.78 is 24.2. The molecular formula is C12H23N3O2S. The predicted octanol–water partition coefficient (Wildman–Crippen LogP) is 0.990. The lowest BCUT2D eigenvalue weighted by atomic mass is 10.1. The van der Waals surface area contributed by atoms with Gasteiger partial charge in [0.2, 0.25) is 0 Å². The summed E-state index contributed by atoms with van der Waals surface area (Å²) in [6.07, 6.45) is 5.07. The molecule has 0 saturated heterocycles. The Labute approximate surface area is 109 Å². The van der Waals surface area contributed by atoms with Crippen LogP contribution in [-0.4, -0.2) is 36.8 Å². The number of nitrogens with one attached hydrogen (secondary N) is 1. The molecule has 0 saturated carbocycles. The summed E-state index contributed by atoms with van der Waals surface area (Å²) in [5.74, 6) is 0.145. The van der Waals surface area contributed by atoms with E-state index in [2.05, 4.69) is 24.3 Å². The fourth-order valence-corrected chi connectivity index (χ4v) is 2.33. The molecule has 1 heterocycles. The summed E-state index contributed by atoms with van der Waals surface area (Å²) >= 11 is 0. The molecular weight excluding hydrogens is 250 g/mol. The number of nitrogens with zero attached hydrogens (tertiary/aromatic N) is 2. The van der Waals surface area contributed by atoms with Gasteiger partial charge in [-0.25, -0.2) is 8.42 Å². The Morgan fingerprint density at radius 3 is 2.67 bits per heavy atom. The number of aryl methyl sites for hydroxylation is 1. The van der Waals surface area contributed by atoms with Gasteiger partial charge in [0.25, 0.3) is 0 Å². The van der Waals surface area contributed by atoms with Gasteiger partial charge in [0.05, 0.1) is 18.5 Å². The second kappa shape index (κ2) is 6.89. The summed E-state index contributed by atoms with van der Waals surface area (Å²) in [6, 6.07) is 0. The van der Waals surface area contributed by atoms with Gasteiger partial charge in [-0.15, -0.1) is 0 Å². The normalized spacial score (nSPS) is 11.9. The number of sulfone groups is 1. The molecule has 0 bridgehead atoms. The number of rotatable bonds is 8. The van der Waals surface area contributed by atoms with Crippen LogP contribution in [0, 0.1) is 0 Å². The van der Waals surface area contributed by atoms with E-state index < -0.39 is 9.84 Å². The van der Waals surface area contributed by atoms with Crippen LogP contribution in [0.3, 0.4) is 0 Å². The molecule has 0 aliphatic rings. The first-order valence-electron chi connectivity index (χ1n) is 6.40. The Hall–Kier alpha value is -0.880. The first-order valence-corrected chi connectivity index (χ1v) is 8.46. The molecule has 0 fully saturated rings. The molecule has 1 rings (SSSR count). The van der Waals surface area contributed by atoms with E-state index in [1.807, 2.05) is 10.9 Å². The van der Waals surface area contributed by atoms with Crippen molar-refractivity contribution < 1.29 is 8.42 Å². The van der Waals surface area contributed by atoms with Crippen molar-refractivity contribution in [3.8, 4) is 0 Å². The van der Waals surface area contributed by atoms with Crippen LogP contribution >= 0.6 is 0 Å². The zero-order valence-electron chi connectivity index (χ0n) is 11.4. The third-order valence-electron chi connectivity index (χ3n) is 2.76. The van der Waals surface area contributed by atoms with E-state index >= 15 is 0 Å². The molecule has 0 atom stereocenters. The molecule has 0 radical (unpaired) electrons. The van der Waals surface area contributed by atoms with Crippen LogP contribution in [0.15, 0.2) is 6.20 Å². The van der Waals surface area contributed by atoms with Gasteiger partial charge in [-0.05, 0) is 13.0 Å². The smallest absolute Gasteiger partial charge is 0.149 e. The molecule has 0 aromatic carbocycles. The molecule has 104 valence electrons. The fourth-order valence-electron chi connectivity index (χ4n) is 1.83. The predicted molar refractivity (Wildman–Crippen MR) is 73.3 cm³/mol. The van der Waals surface area contributed by atoms with Crippen molar-refractivity contribution in [1.29, 1.82) is 0 Å². The van der Waals surface area contributed by atoms with Gasteiger partial charge in [0.1, 0.15) is 9.84 Å². The Balaban J connectivity index is 2.80. The largest absolute Gasteiger partial charge is 0.313 e. The molecule has 6 heteroatoms. The van der Waals surface area contributed by atoms with Gasteiger partial charge in [-0.3, -0.25) is 4.68 Å². The maximum atomic E-state index is 11.2. The lowest BCUT2D eigenvalue weighted by Gasteiger charge is -2.08. The number of hydrogen-bond donors (Lipinski definition) is 1. The minimum Gasteiger partial charge on any atom is -0.313 e. The van der Waals surface area contributed by atoms with E-state index in [0.29, 0.717) is 6.54 Å². The van der Waals surface area contributed by atoms with Crippen LogP contribution in [0.2, 0.25) is 0 Å². The van der Waals surface area contributed by atoms with Crippen molar-refractivity contribution >= 4 is 9.84 Å². The summed E-state index contributed by atoms with van der Waals surface area (Å²) in [5, 5.41) is 7.58. The molecule has 0 aliphatic carbocycles. The first kappa shape index (κ1) is 15.2. The molecule has 1 aromatic heterocycles. The van der Waals surface area contributed by atoms with E-state index in [0.717, 1.165) is 31.6 Å². The highest BCUT2D eigenvalue weighted by Gasteiger charge is 2.11. The van der Waals surface area contributed by atoms with Crippen LogP contribution in [0.5, 0.6) is 0 Å². The Morgan fingerprint density at radius 2 is 2.11 bits per heavy atom. The Morgan fingerprint density at radius 1 is 1.39 bits per heavy atom. The fraction of sp³-hybridized carbons (Fsp3) is 0.750. The first-order chi connectivity index (χ1) is 8.48.